The monoisotopic (exact) mass is 326 g/mol. The van der Waals surface area contributed by atoms with Crippen LogP contribution in [0.3, 0.4) is 0 Å². The lowest BCUT2D eigenvalue weighted by atomic mass is 10.2. The maximum Gasteiger partial charge on any atom is 0.315 e. The molecule has 5 heteroatoms. The van der Waals surface area contributed by atoms with E-state index < -0.39 is 0 Å². The van der Waals surface area contributed by atoms with Gasteiger partial charge in [0.1, 0.15) is 17.2 Å². The Kier molecular flexibility index (Phi) is 4.79. The van der Waals surface area contributed by atoms with Crippen molar-refractivity contribution in [2.24, 2.45) is 0 Å². The highest BCUT2D eigenvalue weighted by Crippen LogP contribution is 2.19. The highest BCUT2D eigenvalue weighted by molar-refractivity contribution is 5.77. The summed E-state index contributed by atoms with van der Waals surface area (Å²) in [6.45, 7) is 2.27. The van der Waals surface area contributed by atoms with Crippen LogP contribution in [0, 0.1) is 5.82 Å². The van der Waals surface area contributed by atoms with Gasteiger partial charge in [0.2, 0.25) is 0 Å². The average molecular weight is 326 g/mol. The minimum atomic E-state index is -0.289. The molecule has 0 bridgehead atoms. The number of rotatable bonds is 5. The first kappa shape index (κ1) is 16.1. The summed E-state index contributed by atoms with van der Waals surface area (Å²) in [5.74, 6) is 0.546. The maximum atomic E-state index is 12.8. The zero-order chi connectivity index (χ0) is 16.9. The van der Waals surface area contributed by atoms with Crippen molar-refractivity contribution in [1.82, 2.24) is 10.6 Å². The molecule has 2 amide bonds. The molecular weight excluding hydrogens is 307 g/mol. The minimum Gasteiger partial charge on any atom is -0.461 e. The van der Waals surface area contributed by atoms with E-state index in [1.165, 1.54) is 12.1 Å². The van der Waals surface area contributed by atoms with Crippen LogP contribution in [0.1, 0.15) is 18.2 Å². The smallest absolute Gasteiger partial charge is 0.315 e. The molecule has 0 aliphatic heterocycles. The van der Waals surface area contributed by atoms with E-state index in [4.69, 9.17) is 4.42 Å². The Morgan fingerprint density at radius 1 is 1.17 bits per heavy atom. The molecule has 1 heterocycles. The number of carbonyl (C=O) groups excluding carboxylic acids is 1. The molecule has 0 radical (unpaired) electrons. The number of fused-ring (bicyclic) bond motifs is 1. The SMILES string of the molecule is C[C@@H](Cc1cc2ccccc2o1)NC(=O)NCc1ccc(F)cc1. The van der Waals surface area contributed by atoms with Gasteiger partial charge in [-0.1, -0.05) is 30.3 Å². The van der Waals surface area contributed by atoms with Crippen LogP contribution >= 0.6 is 0 Å². The maximum absolute atomic E-state index is 12.8. The van der Waals surface area contributed by atoms with Crippen molar-refractivity contribution in [2.75, 3.05) is 0 Å². The van der Waals surface area contributed by atoms with Gasteiger partial charge < -0.3 is 15.1 Å². The summed E-state index contributed by atoms with van der Waals surface area (Å²) in [6.07, 6.45) is 0.610. The van der Waals surface area contributed by atoms with Gasteiger partial charge in [-0.25, -0.2) is 9.18 Å². The molecule has 2 aromatic carbocycles. The third-order valence-electron chi connectivity index (χ3n) is 3.73. The van der Waals surface area contributed by atoms with Gasteiger partial charge in [-0.15, -0.1) is 0 Å². The van der Waals surface area contributed by atoms with Crippen LogP contribution in [0.2, 0.25) is 0 Å². The molecule has 0 saturated heterocycles. The number of carbonyl (C=O) groups is 1. The van der Waals surface area contributed by atoms with Crippen LogP contribution < -0.4 is 10.6 Å². The first-order chi connectivity index (χ1) is 11.6. The van der Waals surface area contributed by atoms with E-state index in [0.717, 1.165) is 22.3 Å². The lowest BCUT2D eigenvalue weighted by molar-refractivity contribution is 0.237. The second-order valence-corrected chi connectivity index (χ2v) is 5.81. The third-order valence-corrected chi connectivity index (χ3v) is 3.73. The number of amides is 2. The Balaban J connectivity index is 1.49. The Hall–Kier alpha value is -2.82. The van der Waals surface area contributed by atoms with Crippen molar-refractivity contribution < 1.29 is 13.6 Å². The van der Waals surface area contributed by atoms with E-state index >= 15 is 0 Å². The molecule has 3 rings (SSSR count). The molecule has 0 fully saturated rings. The normalized spacial score (nSPS) is 12.1. The van der Waals surface area contributed by atoms with Gasteiger partial charge in [0.15, 0.2) is 0 Å². The molecule has 0 aliphatic rings. The van der Waals surface area contributed by atoms with Crippen molar-refractivity contribution in [2.45, 2.75) is 25.9 Å². The van der Waals surface area contributed by atoms with Gasteiger partial charge in [-0.2, -0.15) is 0 Å². The van der Waals surface area contributed by atoms with Crippen molar-refractivity contribution in [3.63, 3.8) is 0 Å². The van der Waals surface area contributed by atoms with Crippen LogP contribution in [-0.4, -0.2) is 12.1 Å². The second kappa shape index (κ2) is 7.17. The topological polar surface area (TPSA) is 54.3 Å². The minimum absolute atomic E-state index is 0.0706. The summed E-state index contributed by atoms with van der Waals surface area (Å²) >= 11 is 0. The fourth-order valence-corrected chi connectivity index (χ4v) is 2.55. The lowest BCUT2D eigenvalue weighted by Crippen LogP contribution is -2.41. The molecule has 124 valence electrons. The van der Waals surface area contributed by atoms with Gasteiger partial charge in [-0.05, 0) is 36.8 Å². The van der Waals surface area contributed by atoms with Gasteiger partial charge in [0, 0.05) is 24.4 Å². The van der Waals surface area contributed by atoms with Crippen molar-refractivity contribution in [3.05, 3.63) is 71.7 Å². The third kappa shape index (κ3) is 4.13. The summed E-state index contributed by atoms with van der Waals surface area (Å²) in [5, 5.41) is 6.68. The first-order valence-electron chi connectivity index (χ1n) is 7.86. The lowest BCUT2D eigenvalue weighted by Gasteiger charge is -2.13. The quantitative estimate of drug-likeness (QED) is 0.744. The highest BCUT2D eigenvalue weighted by Gasteiger charge is 2.11. The molecule has 0 spiro atoms. The zero-order valence-corrected chi connectivity index (χ0v) is 13.4. The molecule has 3 aromatic rings. The van der Waals surface area contributed by atoms with Crippen LogP contribution in [0.4, 0.5) is 9.18 Å². The molecule has 2 N–H and O–H groups in total. The van der Waals surface area contributed by atoms with Crippen molar-refractivity contribution >= 4 is 17.0 Å². The summed E-state index contributed by atoms with van der Waals surface area (Å²) in [6, 6.07) is 15.5. The van der Waals surface area contributed by atoms with Gasteiger partial charge in [-0.3, -0.25) is 0 Å². The Bertz CT molecular complexity index is 794. The van der Waals surface area contributed by atoms with Crippen molar-refractivity contribution in [1.29, 1.82) is 0 Å². The van der Waals surface area contributed by atoms with E-state index in [0.29, 0.717) is 13.0 Å². The molecule has 1 atom stereocenters. The summed E-state index contributed by atoms with van der Waals surface area (Å²) in [4.78, 5) is 11.9. The first-order valence-corrected chi connectivity index (χ1v) is 7.86. The second-order valence-electron chi connectivity index (χ2n) is 5.81. The van der Waals surface area contributed by atoms with E-state index in [9.17, 15) is 9.18 Å². The molecule has 4 nitrogen and oxygen atoms in total. The predicted molar refractivity (Wildman–Crippen MR) is 91.2 cm³/mol. The largest absolute Gasteiger partial charge is 0.461 e. The average Bonchev–Trinajstić information content (AvgIpc) is 2.96. The van der Waals surface area contributed by atoms with Crippen molar-refractivity contribution in [3.8, 4) is 0 Å². The Morgan fingerprint density at radius 2 is 1.92 bits per heavy atom. The number of halogens is 1. The molecule has 0 aliphatic carbocycles. The molecule has 0 unspecified atom stereocenters. The van der Waals surface area contributed by atoms with Gasteiger partial charge in [0.05, 0.1) is 0 Å². The zero-order valence-electron chi connectivity index (χ0n) is 13.4. The van der Waals surface area contributed by atoms with Gasteiger partial charge >= 0.3 is 6.03 Å². The molecule has 1 aromatic heterocycles. The molecule has 0 saturated carbocycles. The highest BCUT2D eigenvalue weighted by atomic mass is 19.1. The molecule has 24 heavy (non-hydrogen) atoms. The van der Waals surface area contributed by atoms with Crippen LogP contribution in [0.5, 0.6) is 0 Å². The van der Waals surface area contributed by atoms with E-state index in [-0.39, 0.29) is 17.9 Å². The Morgan fingerprint density at radius 3 is 2.67 bits per heavy atom. The summed E-state index contributed by atoms with van der Waals surface area (Å²) < 4.78 is 18.6. The number of para-hydroxylation sites is 1. The number of hydrogen-bond donors (Lipinski definition) is 2. The van der Waals surface area contributed by atoms with Crippen LogP contribution in [0.25, 0.3) is 11.0 Å². The number of nitrogens with one attached hydrogen (secondary N) is 2. The van der Waals surface area contributed by atoms with Crippen LogP contribution in [0.15, 0.2) is 59.0 Å². The number of benzene rings is 2. The summed E-state index contributed by atoms with van der Waals surface area (Å²) in [5.41, 5.74) is 1.69. The Labute approximate surface area is 139 Å². The standard InChI is InChI=1S/C19H19FN2O2/c1-13(10-17-11-15-4-2-3-5-18(15)24-17)22-19(23)21-12-14-6-8-16(20)9-7-14/h2-9,11,13H,10,12H2,1H3,(H2,21,22,23)/t13-/m0/s1. The number of hydrogen-bond acceptors (Lipinski definition) is 2. The summed E-state index contributed by atoms with van der Waals surface area (Å²) in [7, 11) is 0. The fraction of sp³-hybridized carbons (Fsp3) is 0.211. The fourth-order valence-electron chi connectivity index (χ4n) is 2.55. The van der Waals surface area contributed by atoms with Gasteiger partial charge in [0.25, 0.3) is 0 Å². The predicted octanol–water partition coefficient (Wildman–Crippen LogP) is 4.00. The van der Waals surface area contributed by atoms with E-state index in [2.05, 4.69) is 10.6 Å². The van der Waals surface area contributed by atoms with E-state index in [1.807, 2.05) is 37.3 Å². The number of urea groups is 1. The van der Waals surface area contributed by atoms with Crippen LogP contribution in [-0.2, 0) is 13.0 Å². The molecular formula is C19H19FN2O2. The number of furan rings is 1. The van der Waals surface area contributed by atoms with E-state index in [1.54, 1.807) is 12.1 Å².